The molecule has 2 rings (SSSR count). The van der Waals surface area contributed by atoms with Gasteiger partial charge in [0.25, 0.3) is 0 Å². The van der Waals surface area contributed by atoms with Gasteiger partial charge in [-0.2, -0.15) is 0 Å². The lowest BCUT2D eigenvalue weighted by molar-refractivity contribution is 0.864. The zero-order valence-electron chi connectivity index (χ0n) is 12.4. The molecule has 0 fully saturated rings. The minimum Gasteiger partial charge on any atom is -0.0617 e. The summed E-state index contributed by atoms with van der Waals surface area (Å²) >= 11 is 0. The molecule has 0 aliphatic rings. The smallest absolute Gasteiger partial charge is 0.0199 e. The maximum absolute atomic E-state index is 2.28. The first-order valence-electron chi connectivity index (χ1n) is 7.11. The molecule has 0 bridgehead atoms. The third kappa shape index (κ3) is 3.70. The molecule has 0 nitrogen and oxygen atoms in total. The molecule has 2 aromatic rings. The Morgan fingerprint density at radius 3 is 1.47 bits per heavy atom. The summed E-state index contributed by atoms with van der Waals surface area (Å²) in [6.45, 7) is 8.94. The van der Waals surface area contributed by atoms with Gasteiger partial charge in [-0.3, -0.25) is 0 Å². The van der Waals surface area contributed by atoms with Crippen LogP contribution in [0.1, 0.15) is 61.8 Å². The summed E-state index contributed by atoms with van der Waals surface area (Å²) in [5.41, 5.74) is 5.36. The topological polar surface area (TPSA) is 0 Å². The van der Waals surface area contributed by atoms with E-state index in [1.54, 1.807) is 0 Å². The normalized spacial score (nSPS) is 11.3. The summed E-state index contributed by atoms with van der Waals surface area (Å²) in [7, 11) is 0. The monoisotopic (exact) mass is 251 g/mol. The van der Waals surface area contributed by atoms with Crippen molar-refractivity contribution in [3.8, 4) is 0 Å². The molecule has 0 aliphatic carbocycles. The number of hydrogen-bond donors (Lipinski definition) is 0. The predicted molar refractivity (Wildman–Crippen MR) is 83.6 cm³/mol. The van der Waals surface area contributed by atoms with Crippen molar-refractivity contribution in [2.75, 3.05) is 0 Å². The number of benzene rings is 2. The summed E-state index contributed by atoms with van der Waals surface area (Å²) in [6, 6.07) is 17.6. The van der Waals surface area contributed by atoms with Crippen molar-refractivity contribution in [2.24, 2.45) is 0 Å². The molecule has 2 aromatic carbocycles. The van der Waals surface area contributed by atoms with E-state index in [9.17, 15) is 0 Å². The molecule has 0 heteroatoms. The van der Waals surface area contributed by atoms with Crippen molar-refractivity contribution in [3.63, 3.8) is 0 Å². The van der Waals surface area contributed by atoms with E-state index in [2.05, 4.69) is 82.6 Å². The zero-order chi connectivity index (χ0) is 13.8. The van der Waals surface area contributed by atoms with Crippen LogP contribution in [0.15, 0.2) is 48.5 Å². The molecule has 0 heterocycles. The molecular formula is C19H23. The van der Waals surface area contributed by atoms with Crippen LogP contribution >= 0.6 is 0 Å². The summed E-state index contributed by atoms with van der Waals surface area (Å²) in [5.74, 6) is 1.16. The Bertz CT molecular complexity index is 486. The van der Waals surface area contributed by atoms with E-state index in [0.29, 0.717) is 11.8 Å². The fraction of sp³-hybridized carbons (Fsp3) is 0.316. The van der Waals surface area contributed by atoms with Gasteiger partial charge in [0.1, 0.15) is 0 Å². The second-order valence-electron chi connectivity index (χ2n) is 5.79. The Labute approximate surface area is 117 Å². The van der Waals surface area contributed by atoms with Gasteiger partial charge in [-0.15, -0.1) is 0 Å². The standard InChI is InChI=1S/C19H23/c1-14(2)18-9-5-7-16(12-18)11-17-8-6-10-19(13-17)15(3)4/h5-15H,1-4H3. The van der Waals surface area contributed by atoms with E-state index in [-0.39, 0.29) is 0 Å². The largest absolute Gasteiger partial charge is 0.0617 e. The Hall–Kier alpha value is -1.56. The van der Waals surface area contributed by atoms with E-state index in [1.807, 2.05) is 0 Å². The first kappa shape index (κ1) is 13.9. The van der Waals surface area contributed by atoms with Gasteiger partial charge < -0.3 is 0 Å². The van der Waals surface area contributed by atoms with Crippen LogP contribution in [0.4, 0.5) is 0 Å². The zero-order valence-corrected chi connectivity index (χ0v) is 12.4. The molecule has 99 valence electrons. The van der Waals surface area contributed by atoms with Gasteiger partial charge in [-0.05, 0) is 34.1 Å². The van der Waals surface area contributed by atoms with Crippen LogP contribution in [0.5, 0.6) is 0 Å². The van der Waals surface area contributed by atoms with E-state index in [4.69, 9.17) is 0 Å². The van der Waals surface area contributed by atoms with Crippen molar-refractivity contribution in [1.29, 1.82) is 0 Å². The van der Waals surface area contributed by atoms with Gasteiger partial charge in [0.2, 0.25) is 0 Å². The maximum Gasteiger partial charge on any atom is 0.0199 e. The Kier molecular flexibility index (Phi) is 4.42. The third-order valence-electron chi connectivity index (χ3n) is 3.49. The molecule has 19 heavy (non-hydrogen) atoms. The van der Waals surface area contributed by atoms with Gasteiger partial charge in [-0.25, -0.2) is 0 Å². The molecule has 1 radical (unpaired) electrons. The minimum absolute atomic E-state index is 0.579. The maximum atomic E-state index is 2.28. The second kappa shape index (κ2) is 6.06. The van der Waals surface area contributed by atoms with Crippen LogP contribution in [0.25, 0.3) is 0 Å². The predicted octanol–water partition coefficient (Wildman–Crippen LogP) is 5.53. The lowest BCUT2D eigenvalue weighted by Crippen LogP contribution is -1.93. The van der Waals surface area contributed by atoms with E-state index in [0.717, 1.165) is 0 Å². The molecule has 0 unspecified atom stereocenters. The van der Waals surface area contributed by atoms with Crippen LogP contribution in [0.3, 0.4) is 0 Å². The van der Waals surface area contributed by atoms with Crippen molar-refractivity contribution in [3.05, 3.63) is 77.2 Å². The van der Waals surface area contributed by atoms with E-state index in [1.165, 1.54) is 22.3 Å². The van der Waals surface area contributed by atoms with Crippen molar-refractivity contribution >= 4 is 0 Å². The van der Waals surface area contributed by atoms with Crippen molar-refractivity contribution < 1.29 is 0 Å². The second-order valence-corrected chi connectivity index (χ2v) is 5.79. The molecular weight excluding hydrogens is 228 g/mol. The van der Waals surface area contributed by atoms with Gasteiger partial charge in [0.05, 0.1) is 0 Å². The highest BCUT2D eigenvalue weighted by molar-refractivity contribution is 5.41. The molecule has 0 saturated carbocycles. The fourth-order valence-electron chi connectivity index (χ4n) is 2.21. The Morgan fingerprint density at radius 2 is 1.11 bits per heavy atom. The summed E-state index contributed by atoms with van der Waals surface area (Å²) < 4.78 is 0. The quantitative estimate of drug-likeness (QED) is 0.669. The van der Waals surface area contributed by atoms with Crippen LogP contribution in [0.2, 0.25) is 0 Å². The molecule has 0 amide bonds. The first-order valence-corrected chi connectivity index (χ1v) is 7.11. The number of rotatable bonds is 4. The molecule has 0 aromatic heterocycles. The highest BCUT2D eigenvalue weighted by Crippen LogP contribution is 2.21. The Balaban J connectivity index is 2.21. The van der Waals surface area contributed by atoms with Crippen LogP contribution in [0, 0.1) is 6.42 Å². The minimum atomic E-state index is 0.579. The molecule has 0 saturated heterocycles. The number of hydrogen-bond acceptors (Lipinski definition) is 0. The third-order valence-corrected chi connectivity index (χ3v) is 3.49. The average molecular weight is 251 g/mol. The van der Waals surface area contributed by atoms with Crippen LogP contribution < -0.4 is 0 Å². The molecule has 0 N–H and O–H groups in total. The Morgan fingerprint density at radius 1 is 0.684 bits per heavy atom. The molecule has 0 spiro atoms. The highest BCUT2D eigenvalue weighted by Gasteiger charge is 2.04. The van der Waals surface area contributed by atoms with Crippen molar-refractivity contribution in [2.45, 2.75) is 39.5 Å². The average Bonchev–Trinajstić information content (AvgIpc) is 2.39. The SMILES string of the molecule is CC(C)c1cccc([CH]c2cccc(C(C)C)c2)c1. The highest BCUT2D eigenvalue weighted by atomic mass is 14.1. The van der Waals surface area contributed by atoms with Gasteiger partial charge in [-0.1, -0.05) is 76.2 Å². The van der Waals surface area contributed by atoms with Crippen LogP contribution in [-0.4, -0.2) is 0 Å². The van der Waals surface area contributed by atoms with Gasteiger partial charge in [0.15, 0.2) is 0 Å². The summed E-state index contributed by atoms with van der Waals surface area (Å²) in [4.78, 5) is 0. The molecule has 0 atom stereocenters. The first-order chi connectivity index (χ1) is 9.06. The van der Waals surface area contributed by atoms with E-state index >= 15 is 0 Å². The van der Waals surface area contributed by atoms with Crippen molar-refractivity contribution in [1.82, 2.24) is 0 Å². The van der Waals surface area contributed by atoms with Gasteiger partial charge >= 0.3 is 0 Å². The fourth-order valence-corrected chi connectivity index (χ4v) is 2.21. The lowest BCUT2D eigenvalue weighted by atomic mass is 9.95. The van der Waals surface area contributed by atoms with E-state index < -0.39 is 0 Å². The lowest BCUT2D eigenvalue weighted by Gasteiger charge is -2.10. The summed E-state index contributed by atoms with van der Waals surface area (Å²) in [5, 5.41) is 0. The summed E-state index contributed by atoms with van der Waals surface area (Å²) in [6.07, 6.45) is 2.26. The van der Waals surface area contributed by atoms with Crippen LogP contribution in [-0.2, 0) is 0 Å². The van der Waals surface area contributed by atoms with Gasteiger partial charge in [0, 0.05) is 6.42 Å². The molecule has 0 aliphatic heterocycles.